The first-order chi connectivity index (χ1) is 14.0. The minimum atomic E-state index is -0.946. The summed E-state index contributed by atoms with van der Waals surface area (Å²) in [5, 5.41) is 5.62. The number of rotatable bonds is 3. The van der Waals surface area contributed by atoms with Gasteiger partial charge in [0.05, 0.1) is 29.9 Å². The van der Waals surface area contributed by atoms with Crippen molar-refractivity contribution < 1.29 is 23.9 Å². The first-order valence-electron chi connectivity index (χ1n) is 9.87. The third kappa shape index (κ3) is 2.80. The Balaban J connectivity index is 1.45. The molecule has 3 fully saturated rings. The molecule has 5 rings (SSSR count). The fourth-order valence-corrected chi connectivity index (χ4v) is 4.68. The number of nitrogens with zero attached hydrogens (tertiary/aromatic N) is 2. The predicted octanol–water partition coefficient (Wildman–Crippen LogP) is -0.738. The number of carbonyl (C=O) groups is 4. The zero-order chi connectivity index (χ0) is 20.2. The van der Waals surface area contributed by atoms with Gasteiger partial charge in [0.15, 0.2) is 0 Å². The van der Waals surface area contributed by atoms with Crippen LogP contribution in [0.5, 0.6) is 0 Å². The van der Waals surface area contributed by atoms with Gasteiger partial charge in [0, 0.05) is 32.6 Å². The third-order valence-electron chi connectivity index (χ3n) is 6.34. The average molecular weight is 398 g/mol. The summed E-state index contributed by atoms with van der Waals surface area (Å²) in [4.78, 5) is 53.2. The predicted molar refractivity (Wildman–Crippen MR) is 99.9 cm³/mol. The van der Waals surface area contributed by atoms with Crippen molar-refractivity contribution in [1.29, 1.82) is 0 Å². The Morgan fingerprint density at radius 3 is 2.69 bits per heavy atom. The first kappa shape index (κ1) is 18.4. The van der Waals surface area contributed by atoms with Gasteiger partial charge in [-0.3, -0.25) is 34.3 Å². The largest absolute Gasteiger partial charge is 0.377 e. The van der Waals surface area contributed by atoms with Crippen LogP contribution in [-0.4, -0.2) is 77.9 Å². The van der Waals surface area contributed by atoms with Gasteiger partial charge in [0.2, 0.25) is 11.8 Å². The van der Waals surface area contributed by atoms with E-state index in [9.17, 15) is 19.2 Å². The molecule has 9 heteroatoms. The van der Waals surface area contributed by atoms with E-state index in [1.165, 1.54) is 0 Å². The highest BCUT2D eigenvalue weighted by molar-refractivity contribution is 6.24. The number of imide groups is 2. The van der Waals surface area contributed by atoms with Crippen molar-refractivity contribution in [2.24, 2.45) is 0 Å². The van der Waals surface area contributed by atoms with Crippen LogP contribution in [0.3, 0.4) is 0 Å². The summed E-state index contributed by atoms with van der Waals surface area (Å²) in [6, 6.07) is 4.33. The van der Waals surface area contributed by atoms with E-state index in [2.05, 4.69) is 15.5 Å². The molecule has 9 nitrogen and oxygen atoms in total. The van der Waals surface area contributed by atoms with Crippen molar-refractivity contribution in [3.63, 3.8) is 0 Å². The number of piperidine rings is 1. The van der Waals surface area contributed by atoms with E-state index >= 15 is 0 Å². The van der Waals surface area contributed by atoms with E-state index in [1.54, 1.807) is 12.1 Å². The Morgan fingerprint density at radius 2 is 1.97 bits per heavy atom. The second kappa shape index (κ2) is 6.72. The van der Waals surface area contributed by atoms with E-state index < -0.39 is 23.8 Å². The van der Waals surface area contributed by atoms with Gasteiger partial charge in [-0.2, -0.15) is 0 Å². The minimum Gasteiger partial charge on any atom is -0.377 e. The Hall–Kier alpha value is -2.62. The van der Waals surface area contributed by atoms with Gasteiger partial charge in [-0.15, -0.1) is 0 Å². The molecule has 0 saturated carbocycles. The van der Waals surface area contributed by atoms with Crippen LogP contribution in [0.2, 0.25) is 0 Å². The number of piperazine rings is 1. The molecule has 1 aromatic rings. The Morgan fingerprint density at radius 1 is 1.14 bits per heavy atom. The highest BCUT2D eigenvalue weighted by Crippen LogP contribution is 2.33. The Kier molecular flexibility index (Phi) is 4.27. The molecule has 1 atom stereocenters. The topological polar surface area (TPSA) is 108 Å². The van der Waals surface area contributed by atoms with Crippen LogP contribution in [0.15, 0.2) is 18.2 Å². The number of benzene rings is 1. The molecule has 2 N–H and O–H groups in total. The summed E-state index contributed by atoms with van der Waals surface area (Å²) >= 11 is 0. The number of hydrogen-bond acceptors (Lipinski definition) is 7. The summed E-state index contributed by atoms with van der Waals surface area (Å²) in [6.45, 7) is 4.33. The molecule has 4 aliphatic heterocycles. The van der Waals surface area contributed by atoms with Gasteiger partial charge < -0.3 is 10.1 Å². The van der Waals surface area contributed by atoms with Crippen LogP contribution in [0.25, 0.3) is 0 Å². The summed E-state index contributed by atoms with van der Waals surface area (Å²) in [5.41, 5.74) is 1.40. The van der Waals surface area contributed by atoms with Crippen LogP contribution >= 0.6 is 0 Å². The lowest BCUT2D eigenvalue weighted by molar-refractivity contribution is -0.151. The fraction of sp³-hybridized carbons (Fsp3) is 0.500. The molecule has 0 aromatic heterocycles. The van der Waals surface area contributed by atoms with Gasteiger partial charge in [-0.1, -0.05) is 12.1 Å². The molecule has 1 aromatic carbocycles. The molecule has 0 radical (unpaired) electrons. The van der Waals surface area contributed by atoms with Gasteiger partial charge >= 0.3 is 0 Å². The van der Waals surface area contributed by atoms with Crippen molar-refractivity contribution in [3.8, 4) is 0 Å². The maximum absolute atomic E-state index is 13.2. The summed E-state index contributed by atoms with van der Waals surface area (Å²) in [6.07, 6.45) is 0.268. The molecule has 3 saturated heterocycles. The monoisotopic (exact) mass is 398 g/mol. The van der Waals surface area contributed by atoms with Gasteiger partial charge in [-0.05, 0) is 18.1 Å². The summed E-state index contributed by atoms with van der Waals surface area (Å²) in [7, 11) is 0. The number of nitrogens with one attached hydrogen (secondary N) is 2. The summed E-state index contributed by atoms with van der Waals surface area (Å²) in [5.74, 6) is -1.90. The maximum atomic E-state index is 13.2. The molecule has 4 aliphatic rings. The van der Waals surface area contributed by atoms with Crippen molar-refractivity contribution in [2.75, 3.05) is 32.8 Å². The lowest BCUT2D eigenvalue weighted by Gasteiger charge is -2.52. The van der Waals surface area contributed by atoms with Crippen LogP contribution in [0.1, 0.15) is 39.1 Å². The standard InChI is InChI=1S/C20H22N4O5/c25-15-5-4-14(17(26)22-15)24-18(27)13-3-1-2-12(16(13)19(24)28)8-23-7-6-21-9-20(23)10-29-11-20/h1-3,14,21H,4-11H2,(H,22,25,26). The first-order valence-corrected chi connectivity index (χ1v) is 9.87. The molecule has 4 amide bonds. The number of carbonyl (C=O) groups excluding carboxylic acids is 4. The van der Waals surface area contributed by atoms with Gasteiger partial charge in [0.25, 0.3) is 11.8 Å². The average Bonchev–Trinajstić information content (AvgIpc) is 2.93. The lowest BCUT2D eigenvalue weighted by Crippen LogP contribution is -2.70. The number of hydrogen-bond donors (Lipinski definition) is 2. The maximum Gasteiger partial charge on any atom is 0.262 e. The molecule has 4 heterocycles. The SMILES string of the molecule is O=C1CCC(N2C(=O)c3cccc(CN4CCNCC45COC5)c3C2=O)C(=O)N1. The zero-order valence-electron chi connectivity index (χ0n) is 15.9. The molecule has 0 aliphatic carbocycles. The van der Waals surface area contributed by atoms with Crippen molar-refractivity contribution in [1.82, 2.24) is 20.4 Å². The second-order valence-electron chi connectivity index (χ2n) is 8.10. The number of ether oxygens (including phenoxy) is 1. The van der Waals surface area contributed by atoms with Crippen LogP contribution in [0.4, 0.5) is 0 Å². The molecular weight excluding hydrogens is 376 g/mol. The summed E-state index contributed by atoms with van der Waals surface area (Å²) < 4.78 is 5.45. The Labute approximate surface area is 167 Å². The van der Waals surface area contributed by atoms with Crippen molar-refractivity contribution >= 4 is 23.6 Å². The van der Waals surface area contributed by atoms with E-state index in [1.807, 2.05) is 6.07 Å². The van der Waals surface area contributed by atoms with Crippen molar-refractivity contribution in [3.05, 3.63) is 34.9 Å². The molecular formula is C20H22N4O5. The van der Waals surface area contributed by atoms with E-state index in [0.717, 1.165) is 30.1 Å². The lowest BCUT2D eigenvalue weighted by atomic mass is 9.91. The fourth-order valence-electron chi connectivity index (χ4n) is 4.68. The van der Waals surface area contributed by atoms with E-state index in [-0.39, 0.29) is 24.3 Å². The quantitative estimate of drug-likeness (QED) is 0.646. The Bertz CT molecular complexity index is 925. The zero-order valence-corrected chi connectivity index (χ0v) is 15.9. The number of amides is 4. The molecule has 1 unspecified atom stereocenters. The van der Waals surface area contributed by atoms with Crippen LogP contribution < -0.4 is 10.6 Å². The number of fused-ring (bicyclic) bond motifs is 1. The van der Waals surface area contributed by atoms with E-state index in [4.69, 9.17) is 4.74 Å². The molecule has 29 heavy (non-hydrogen) atoms. The molecule has 0 bridgehead atoms. The van der Waals surface area contributed by atoms with E-state index in [0.29, 0.717) is 30.9 Å². The van der Waals surface area contributed by atoms with Crippen molar-refractivity contribution in [2.45, 2.75) is 31.0 Å². The second-order valence-corrected chi connectivity index (χ2v) is 8.10. The molecule has 152 valence electrons. The van der Waals surface area contributed by atoms with Crippen LogP contribution in [0, 0.1) is 0 Å². The van der Waals surface area contributed by atoms with Crippen LogP contribution in [-0.2, 0) is 20.9 Å². The smallest absolute Gasteiger partial charge is 0.262 e. The minimum absolute atomic E-state index is 0.0735. The van der Waals surface area contributed by atoms with Gasteiger partial charge in [0.1, 0.15) is 6.04 Å². The van der Waals surface area contributed by atoms with Gasteiger partial charge in [-0.25, -0.2) is 0 Å². The molecule has 1 spiro atoms. The highest BCUT2D eigenvalue weighted by Gasteiger charge is 2.48. The third-order valence-corrected chi connectivity index (χ3v) is 6.34. The highest BCUT2D eigenvalue weighted by atomic mass is 16.5. The normalized spacial score (nSPS) is 26.5.